The Balaban J connectivity index is 1.90. The molecular formula is C22H23N3O3S. The van der Waals surface area contributed by atoms with Crippen molar-refractivity contribution in [3.63, 3.8) is 0 Å². The molecule has 0 fully saturated rings. The number of nitrogens with one attached hydrogen (secondary N) is 1. The lowest BCUT2D eigenvalue weighted by molar-refractivity contribution is -0.115. The summed E-state index contributed by atoms with van der Waals surface area (Å²) < 4.78 is 12.7. The maximum absolute atomic E-state index is 12.8. The predicted molar refractivity (Wildman–Crippen MR) is 115 cm³/mol. The van der Waals surface area contributed by atoms with Crippen molar-refractivity contribution in [2.75, 3.05) is 19.5 Å². The van der Waals surface area contributed by atoms with Gasteiger partial charge in [-0.2, -0.15) is 5.10 Å². The third-order valence-electron chi connectivity index (χ3n) is 5.06. The standard InChI is InChI=1S/C22H23N3O3S/c1-13-19-20(17-7-5-6-8-18(17)28-4)29-14(2)22(26)23-21(19)25(24-13)15-9-11-16(27-3)12-10-15/h5-12,14,20H,1-4H3,(H,23,26)/t14-,20+/m1/s1. The highest BCUT2D eigenvalue weighted by Crippen LogP contribution is 2.48. The van der Waals surface area contributed by atoms with Crippen LogP contribution in [0, 0.1) is 6.92 Å². The van der Waals surface area contributed by atoms with E-state index in [9.17, 15) is 4.79 Å². The molecule has 2 heterocycles. The molecule has 0 spiro atoms. The van der Waals surface area contributed by atoms with Crippen LogP contribution in [-0.4, -0.2) is 35.2 Å². The van der Waals surface area contributed by atoms with Crippen LogP contribution < -0.4 is 14.8 Å². The van der Waals surface area contributed by atoms with Crippen LogP contribution in [0.5, 0.6) is 11.5 Å². The average molecular weight is 410 g/mol. The number of aromatic nitrogens is 2. The van der Waals surface area contributed by atoms with Crippen LogP contribution in [-0.2, 0) is 4.79 Å². The van der Waals surface area contributed by atoms with Crippen LogP contribution in [0.1, 0.15) is 29.0 Å². The Hall–Kier alpha value is -2.93. The Morgan fingerprint density at radius 1 is 1.07 bits per heavy atom. The van der Waals surface area contributed by atoms with E-state index in [-0.39, 0.29) is 16.4 Å². The van der Waals surface area contributed by atoms with Gasteiger partial charge in [0.15, 0.2) is 0 Å². The van der Waals surface area contributed by atoms with E-state index in [1.54, 1.807) is 30.7 Å². The lowest BCUT2D eigenvalue weighted by Crippen LogP contribution is -2.22. The van der Waals surface area contributed by atoms with Crippen molar-refractivity contribution >= 4 is 23.5 Å². The molecule has 2 atom stereocenters. The number of benzene rings is 2. The number of carbonyl (C=O) groups is 1. The Labute approximate surface area is 174 Å². The molecule has 0 aliphatic carbocycles. The number of carbonyl (C=O) groups excluding carboxylic acids is 1. The van der Waals surface area contributed by atoms with E-state index in [1.165, 1.54) is 0 Å². The fourth-order valence-corrected chi connectivity index (χ4v) is 4.90. The maximum atomic E-state index is 12.8. The molecule has 6 nitrogen and oxygen atoms in total. The maximum Gasteiger partial charge on any atom is 0.238 e. The molecule has 1 amide bonds. The summed E-state index contributed by atoms with van der Waals surface area (Å²) in [5.74, 6) is 2.23. The van der Waals surface area contributed by atoms with E-state index < -0.39 is 0 Å². The summed E-state index contributed by atoms with van der Waals surface area (Å²) in [6.45, 7) is 3.90. The second-order valence-corrected chi connectivity index (χ2v) is 8.30. The molecule has 3 aromatic rings. The number of nitrogens with zero attached hydrogens (tertiary/aromatic N) is 2. The molecule has 1 aromatic heterocycles. The number of aryl methyl sites for hydroxylation is 1. The normalized spacial score (nSPS) is 18.6. The number of hydrogen-bond donors (Lipinski definition) is 1. The van der Waals surface area contributed by atoms with E-state index in [0.29, 0.717) is 5.82 Å². The van der Waals surface area contributed by atoms with Gasteiger partial charge >= 0.3 is 0 Å². The number of hydrogen-bond acceptors (Lipinski definition) is 5. The van der Waals surface area contributed by atoms with Gasteiger partial charge < -0.3 is 14.8 Å². The van der Waals surface area contributed by atoms with Crippen molar-refractivity contribution in [3.8, 4) is 17.2 Å². The Bertz CT molecular complexity index is 1050. The van der Waals surface area contributed by atoms with Crippen LogP contribution in [0.15, 0.2) is 48.5 Å². The number of rotatable bonds is 4. The number of ether oxygens (including phenoxy) is 2. The van der Waals surface area contributed by atoms with Crippen molar-refractivity contribution in [1.82, 2.24) is 9.78 Å². The van der Waals surface area contributed by atoms with Gasteiger partial charge in [0.25, 0.3) is 0 Å². The van der Waals surface area contributed by atoms with Gasteiger partial charge in [-0.1, -0.05) is 18.2 Å². The summed E-state index contributed by atoms with van der Waals surface area (Å²) in [5, 5.41) is 7.55. The van der Waals surface area contributed by atoms with Crippen LogP contribution in [0.2, 0.25) is 0 Å². The van der Waals surface area contributed by atoms with Gasteiger partial charge in [-0.05, 0) is 44.2 Å². The van der Waals surface area contributed by atoms with Crippen LogP contribution in [0.25, 0.3) is 5.69 Å². The second-order valence-electron chi connectivity index (χ2n) is 6.85. The quantitative estimate of drug-likeness (QED) is 0.694. The third kappa shape index (κ3) is 3.46. The summed E-state index contributed by atoms with van der Waals surface area (Å²) in [5.41, 5.74) is 3.75. The summed E-state index contributed by atoms with van der Waals surface area (Å²) in [4.78, 5) is 12.8. The van der Waals surface area contributed by atoms with Crippen LogP contribution in [0.3, 0.4) is 0 Å². The van der Waals surface area contributed by atoms with E-state index >= 15 is 0 Å². The Kier molecular flexibility index (Phi) is 5.24. The number of methoxy groups -OCH3 is 2. The van der Waals surface area contributed by atoms with Crippen molar-refractivity contribution in [3.05, 3.63) is 65.4 Å². The first-order valence-corrected chi connectivity index (χ1v) is 10.3. The lowest BCUT2D eigenvalue weighted by atomic mass is 10.0. The number of fused-ring (bicyclic) bond motifs is 1. The van der Waals surface area contributed by atoms with Crippen molar-refractivity contribution < 1.29 is 14.3 Å². The molecule has 150 valence electrons. The van der Waals surface area contributed by atoms with Gasteiger partial charge in [0, 0.05) is 11.1 Å². The van der Waals surface area contributed by atoms with Crippen molar-refractivity contribution in [2.45, 2.75) is 24.3 Å². The highest BCUT2D eigenvalue weighted by atomic mass is 32.2. The third-order valence-corrected chi connectivity index (χ3v) is 6.44. The minimum atomic E-state index is -0.221. The minimum Gasteiger partial charge on any atom is -0.497 e. The fourth-order valence-electron chi connectivity index (χ4n) is 3.55. The summed E-state index contributed by atoms with van der Waals surface area (Å²) in [7, 11) is 3.30. The molecule has 1 aliphatic rings. The molecule has 0 unspecified atom stereocenters. The van der Waals surface area contributed by atoms with E-state index in [2.05, 4.69) is 5.32 Å². The number of para-hydroxylation sites is 1. The predicted octanol–water partition coefficient (Wildman–Crippen LogP) is 4.36. The molecule has 0 bridgehead atoms. The van der Waals surface area contributed by atoms with Gasteiger partial charge in [0.2, 0.25) is 5.91 Å². The summed E-state index contributed by atoms with van der Waals surface area (Å²) in [6, 6.07) is 15.6. The van der Waals surface area contributed by atoms with E-state index in [1.807, 2.05) is 62.4 Å². The first-order chi connectivity index (χ1) is 14.0. The monoisotopic (exact) mass is 409 g/mol. The zero-order valence-corrected chi connectivity index (χ0v) is 17.6. The van der Waals surface area contributed by atoms with Gasteiger partial charge in [0.05, 0.1) is 36.1 Å². The van der Waals surface area contributed by atoms with E-state index in [4.69, 9.17) is 14.6 Å². The van der Waals surface area contributed by atoms with Crippen LogP contribution >= 0.6 is 11.8 Å². The molecule has 0 saturated carbocycles. The first kappa shape index (κ1) is 19.4. The average Bonchev–Trinajstić information content (AvgIpc) is 3.00. The van der Waals surface area contributed by atoms with Gasteiger partial charge in [-0.25, -0.2) is 4.68 Å². The fraction of sp³-hybridized carbons (Fsp3) is 0.273. The van der Waals surface area contributed by atoms with Crippen molar-refractivity contribution in [1.29, 1.82) is 0 Å². The SMILES string of the molecule is COc1ccc(-n2nc(C)c3c2NC(=O)[C@@H](C)S[C@H]3c2ccccc2OC)cc1. The zero-order valence-electron chi connectivity index (χ0n) is 16.8. The Morgan fingerprint density at radius 2 is 1.79 bits per heavy atom. The number of anilines is 1. The van der Waals surface area contributed by atoms with E-state index in [0.717, 1.165) is 34.0 Å². The molecule has 1 N–H and O–H groups in total. The number of thioether (sulfide) groups is 1. The van der Waals surface area contributed by atoms with Crippen molar-refractivity contribution in [2.24, 2.45) is 0 Å². The van der Waals surface area contributed by atoms with Gasteiger partial charge in [-0.15, -0.1) is 11.8 Å². The molecule has 7 heteroatoms. The van der Waals surface area contributed by atoms with Gasteiger partial charge in [-0.3, -0.25) is 4.79 Å². The summed E-state index contributed by atoms with van der Waals surface area (Å²) in [6.07, 6.45) is 0. The van der Waals surface area contributed by atoms with Gasteiger partial charge in [0.1, 0.15) is 17.3 Å². The minimum absolute atomic E-state index is 0.0386. The molecule has 0 saturated heterocycles. The molecule has 29 heavy (non-hydrogen) atoms. The molecule has 2 aromatic carbocycles. The smallest absolute Gasteiger partial charge is 0.238 e. The first-order valence-electron chi connectivity index (χ1n) is 9.36. The number of amides is 1. The molecule has 4 rings (SSSR count). The van der Waals surface area contributed by atoms with Crippen LogP contribution in [0.4, 0.5) is 5.82 Å². The second kappa shape index (κ2) is 7.83. The topological polar surface area (TPSA) is 65.4 Å². The zero-order chi connectivity index (χ0) is 20.5. The Morgan fingerprint density at radius 3 is 2.48 bits per heavy atom. The molecule has 1 aliphatic heterocycles. The molecule has 0 radical (unpaired) electrons. The summed E-state index contributed by atoms with van der Waals surface area (Å²) >= 11 is 1.60. The highest BCUT2D eigenvalue weighted by Gasteiger charge is 2.35. The largest absolute Gasteiger partial charge is 0.497 e. The lowest BCUT2D eigenvalue weighted by Gasteiger charge is -2.19. The molecular weight excluding hydrogens is 386 g/mol. The highest BCUT2D eigenvalue weighted by molar-refractivity contribution is 8.01.